The first-order valence-electron chi connectivity index (χ1n) is 4.64. The maximum atomic E-state index is 5.48. The number of hydrogen-bond donors (Lipinski definition) is 1. The third-order valence-electron chi connectivity index (χ3n) is 2.09. The largest absolute Gasteiger partial charge is 0.366 e. The number of benzene rings is 1. The summed E-state index contributed by atoms with van der Waals surface area (Å²) in [6, 6.07) is 7.93. The van der Waals surface area contributed by atoms with Gasteiger partial charge in [-0.2, -0.15) is 5.10 Å². The fourth-order valence-corrected chi connectivity index (χ4v) is 2.32. The van der Waals surface area contributed by atoms with Crippen molar-refractivity contribution in [1.82, 2.24) is 20.2 Å². The minimum Gasteiger partial charge on any atom is -0.366 e. The van der Waals surface area contributed by atoms with Gasteiger partial charge in [0, 0.05) is 0 Å². The molecule has 0 saturated carbocycles. The van der Waals surface area contributed by atoms with E-state index in [1.54, 1.807) is 17.5 Å². The highest BCUT2D eigenvalue weighted by Crippen LogP contribution is 2.28. The molecule has 5 nitrogen and oxygen atoms in total. The molecule has 0 radical (unpaired) electrons. The van der Waals surface area contributed by atoms with Crippen LogP contribution in [-0.2, 0) is 0 Å². The molecule has 0 amide bonds. The second-order valence-electron chi connectivity index (χ2n) is 3.19. The molecule has 0 bridgehead atoms. The molecule has 1 aromatic carbocycles. The van der Waals surface area contributed by atoms with E-state index in [-0.39, 0.29) is 5.95 Å². The zero-order valence-electron chi connectivity index (χ0n) is 8.16. The number of nitrogens with zero attached hydrogens (tertiary/aromatic N) is 4. The maximum Gasteiger partial charge on any atom is 0.240 e. The molecule has 0 saturated heterocycles. The molecule has 2 N–H and O–H groups in total. The number of nitrogens with two attached hydrogens (primary N) is 1. The van der Waals surface area contributed by atoms with Crippen LogP contribution in [0.3, 0.4) is 0 Å². The maximum absolute atomic E-state index is 5.48. The van der Waals surface area contributed by atoms with Crippen LogP contribution in [0, 0.1) is 0 Å². The summed E-state index contributed by atoms with van der Waals surface area (Å²) in [5.41, 5.74) is 7.10. The Morgan fingerprint density at radius 2 is 2.00 bits per heavy atom. The number of thiazole rings is 1. The van der Waals surface area contributed by atoms with E-state index in [1.165, 1.54) is 0 Å². The molecule has 0 atom stereocenters. The number of rotatable bonds is 1. The van der Waals surface area contributed by atoms with Crippen molar-refractivity contribution in [2.45, 2.75) is 0 Å². The number of fused-ring (bicyclic) bond motifs is 1. The van der Waals surface area contributed by atoms with Crippen molar-refractivity contribution >= 4 is 27.5 Å². The van der Waals surface area contributed by atoms with E-state index >= 15 is 0 Å². The first kappa shape index (κ1) is 9.17. The highest BCUT2D eigenvalue weighted by molar-refractivity contribution is 7.21. The number of hydrogen-bond acceptors (Lipinski definition) is 6. The van der Waals surface area contributed by atoms with E-state index in [1.807, 2.05) is 24.3 Å². The Morgan fingerprint density at radius 1 is 1.12 bits per heavy atom. The van der Waals surface area contributed by atoms with Gasteiger partial charge in [0.05, 0.1) is 16.4 Å². The normalized spacial score (nSPS) is 10.8. The lowest BCUT2D eigenvalue weighted by molar-refractivity contribution is 0.989. The van der Waals surface area contributed by atoms with Crippen LogP contribution in [0.1, 0.15) is 0 Å². The summed E-state index contributed by atoms with van der Waals surface area (Å²) < 4.78 is 1.12. The zero-order chi connectivity index (χ0) is 11.0. The predicted molar refractivity (Wildman–Crippen MR) is 62.9 cm³/mol. The van der Waals surface area contributed by atoms with E-state index in [2.05, 4.69) is 20.2 Å². The number of para-hydroxylation sites is 1. The Morgan fingerprint density at radius 3 is 2.81 bits per heavy atom. The van der Waals surface area contributed by atoms with E-state index in [9.17, 15) is 0 Å². The van der Waals surface area contributed by atoms with Crippen LogP contribution in [0.15, 0.2) is 30.5 Å². The minimum atomic E-state index is 0.164. The van der Waals surface area contributed by atoms with E-state index in [4.69, 9.17) is 5.73 Å². The van der Waals surface area contributed by atoms with Gasteiger partial charge in [0.2, 0.25) is 5.95 Å². The standard InChI is InChI=1S/C10H7N5S/c11-10-14-7(5-12-15-10)9-13-6-3-1-2-4-8(6)16-9/h1-5H,(H2,11,14,15). The van der Waals surface area contributed by atoms with Gasteiger partial charge < -0.3 is 5.73 Å². The Labute approximate surface area is 95.0 Å². The SMILES string of the molecule is Nc1nncc(-c2nc3ccccc3s2)n1. The lowest BCUT2D eigenvalue weighted by Crippen LogP contribution is -1.97. The van der Waals surface area contributed by atoms with Crippen LogP contribution in [0.5, 0.6) is 0 Å². The van der Waals surface area contributed by atoms with Crippen molar-refractivity contribution in [2.75, 3.05) is 5.73 Å². The summed E-state index contributed by atoms with van der Waals surface area (Å²) in [4.78, 5) is 8.55. The Balaban J connectivity index is 2.19. The third-order valence-corrected chi connectivity index (χ3v) is 3.15. The lowest BCUT2D eigenvalue weighted by atomic mass is 10.3. The van der Waals surface area contributed by atoms with Crippen LogP contribution in [-0.4, -0.2) is 20.2 Å². The van der Waals surface area contributed by atoms with E-state index in [0.29, 0.717) is 5.69 Å². The van der Waals surface area contributed by atoms with Gasteiger partial charge in [-0.1, -0.05) is 12.1 Å². The van der Waals surface area contributed by atoms with Crippen molar-refractivity contribution in [3.05, 3.63) is 30.5 Å². The average molecular weight is 229 g/mol. The fraction of sp³-hybridized carbons (Fsp3) is 0. The van der Waals surface area contributed by atoms with Crippen molar-refractivity contribution in [3.63, 3.8) is 0 Å². The number of nitrogen functional groups attached to an aromatic ring is 1. The van der Waals surface area contributed by atoms with Crippen LogP contribution in [0.25, 0.3) is 20.9 Å². The second kappa shape index (κ2) is 3.49. The fourth-order valence-electron chi connectivity index (χ4n) is 1.40. The third kappa shape index (κ3) is 1.49. The van der Waals surface area contributed by atoms with Crippen LogP contribution < -0.4 is 5.73 Å². The highest BCUT2D eigenvalue weighted by Gasteiger charge is 2.07. The molecule has 2 heterocycles. The molecule has 0 fully saturated rings. The summed E-state index contributed by atoms with van der Waals surface area (Å²) in [6.07, 6.45) is 1.56. The molecule has 0 aliphatic carbocycles. The smallest absolute Gasteiger partial charge is 0.240 e. The summed E-state index contributed by atoms with van der Waals surface area (Å²) >= 11 is 1.56. The topological polar surface area (TPSA) is 77.6 Å². The van der Waals surface area contributed by atoms with Gasteiger partial charge in [0.1, 0.15) is 10.7 Å². The predicted octanol–water partition coefficient (Wildman–Crippen LogP) is 1.73. The Kier molecular flexibility index (Phi) is 2.00. The van der Waals surface area contributed by atoms with Gasteiger partial charge in [-0.05, 0) is 12.1 Å². The summed E-state index contributed by atoms with van der Waals surface area (Å²) in [6.45, 7) is 0. The van der Waals surface area contributed by atoms with Crippen LogP contribution in [0.4, 0.5) is 5.95 Å². The van der Waals surface area contributed by atoms with Gasteiger partial charge in [-0.25, -0.2) is 9.97 Å². The van der Waals surface area contributed by atoms with Crippen molar-refractivity contribution in [1.29, 1.82) is 0 Å². The Hall–Kier alpha value is -2.08. The summed E-state index contributed by atoms with van der Waals surface area (Å²) in [5, 5.41) is 8.18. The second-order valence-corrected chi connectivity index (χ2v) is 4.22. The molecule has 0 unspecified atom stereocenters. The molecule has 16 heavy (non-hydrogen) atoms. The average Bonchev–Trinajstić information content (AvgIpc) is 2.72. The molecule has 0 aliphatic rings. The summed E-state index contributed by atoms with van der Waals surface area (Å²) in [5.74, 6) is 0.164. The van der Waals surface area contributed by atoms with Crippen molar-refractivity contribution in [2.24, 2.45) is 0 Å². The highest BCUT2D eigenvalue weighted by atomic mass is 32.1. The molecular weight excluding hydrogens is 222 g/mol. The molecule has 0 aliphatic heterocycles. The number of anilines is 1. The Bertz CT molecular complexity index is 615. The van der Waals surface area contributed by atoms with Crippen molar-refractivity contribution < 1.29 is 0 Å². The molecule has 2 aromatic heterocycles. The first-order chi connectivity index (χ1) is 7.83. The quantitative estimate of drug-likeness (QED) is 0.687. The monoisotopic (exact) mass is 229 g/mol. The summed E-state index contributed by atoms with van der Waals surface area (Å²) in [7, 11) is 0. The van der Waals surface area contributed by atoms with Gasteiger partial charge >= 0.3 is 0 Å². The molecule has 0 spiro atoms. The van der Waals surface area contributed by atoms with E-state index in [0.717, 1.165) is 15.2 Å². The van der Waals surface area contributed by atoms with Gasteiger partial charge in [-0.3, -0.25) is 0 Å². The van der Waals surface area contributed by atoms with Crippen LogP contribution in [0.2, 0.25) is 0 Å². The molecule has 78 valence electrons. The lowest BCUT2D eigenvalue weighted by Gasteiger charge is -1.93. The molecular formula is C10H7N5S. The molecule has 6 heteroatoms. The van der Waals surface area contributed by atoms with Gasteiger partial charge in [0.25, 0.3) is 0 Å². The van der Waals surface area contributed by atoms with Gasteiger partial charge in [-0.15, -0.1) is 16.4 Å². The van der Waals surface area contributed by atoms with E-state index < -0.39 is 0 Å². The molecule has 3 rings (SSSR count). The molecule has 3 aromatic rings. The van der Waals surface area contributed by atoms with Crippen LogP contribution >= 0.6 is 11.3 Å². The first-order valence-corrected chi connectivity index (χ1v) is 5.46. The minimum absolute atomic E-state index is 0.164. The van der Waals surface area contributed by atoms with Crippen molar-refractivity contribution in [3.8, 4) is 10.7 Å². The zero-order valence-corrected chi connectivity index (χ0v) is 8.98. The number of aromatic nitrogens is 4. The van der Waals surface area contributed by atoms with Gasteiger partial charge in [0.15, 0.2) is 0 Å².